The first-order valence-corrected chi connectivity index (χ1v) is 6.46. The quantitative estimate of drug-likeness (QED) is 0.808. The van der Waals surface area contributed by atoms with Crippen LogP contribution in [0.4, 0.5) is 0 Å². The summed E-state index contributed by atoms with van der Waals surface area (Å²) >= 11 is 0. The van der Waals surface area contributed by atoms with Gasteiger partial charge in [0.25, 0.3) is 0 Å². The summed E-state index contributed by atoms with van der Waals surface area (Å²) in [5.41, 5.74) is 8.56. The number of hydrogen-bond donors (Lipinski definition) is 1. The zero-order valence-electron chi connectivity index (χ0n) is 10.2. The van der Waals surface area contributed by atoms with E-state index in [0.717, 1.165) is 30.6 Å². The highest BCUT2D eigenvalue weighted by atomic mass is 16.6. The molecule has 18 heavy (non-hydrogen) atoms. The molecule has 96 valence electrons. The molecule has 1 saturated heterocycles. The summed E-state index contributed by atoms with van der Waals surface area (Å²) < 4.78 is 10.6. The molecule has 1 fully saturated rings. The molecule has 1 unspecified atom stereocenters. The number of carbonyl (C=O) groups is 1. The number of cyclic esters (lactones) is 1. The summed E-state index contributed by atoms with van der Waals surface area (Å²) in [7, 11) is 0. The molecular weight excluding hydrogens is 230 g/mol. The fourth-order valence-electron chi connectivity index (χ4n) is 2.64. The fraction of sp³-hybridized carbons (Fsp3) is 0.500. The second-order valence-corrected chi connectivity index (χ2v) is 4.92. The molecule has 0 spiro atoms. The molecule has 1 heterocycles. The van der Waals surface area contributed by atoms with Crippen molar-refractivity contribution in [2.24, 2.45) is 5.73 Å². The van der Waals surface area contributed by atoms with Crippen LogP contribution in [0.1, 0.15) is 36.4 Å². The molecule has 0 bridgehead atoms. The van der Waals surface area contributed by atoms with Crippen LogP contribution in [0.3, 0.4) is 0 Å². The molecule has 4 nitrogen and oxygen atoms in total. The summed E-state index contributed by atoms with van der Waals surface area (Å²) in [5.74, 6) is 0.451. The largest absolute Gasteiger partial charge is 0.479 e. The lowest BCUT2D eigenvalue weighted by molar-refractivity contribution is -0.143. The van der Waals surface area contributed by atoms with E-state index in [0.29, 0.717) is 13.0 Å². The number of esters is 1. The third-order valence-corrected chi connectivity index (χ3v) is 3.64. The molecule has 2 aliphatic rings. The van der Waals surface area contributed by atoms with Crippen molar-refractivity contribution < 1.29 is 14.3 Å². The summed E-state index contributed by atoms with van der Waals surface area (Å²) in [5, 5.41) is 0. The Kier molecular flexibility index (Phi) is 2.96. The topological polar surface area (TPSA) is 61.6 Å². The monoisotopic (exact) mass is 247 g/mol. The number of aryl methyl sites for hydroxylation is 1. The standard InChI is InChI=1S/C14H17NO3/c15-12-3-1-2-9-4-5-10(8-11(9)12)18-13-6-7-17-14(13)16/h4-5,8,12-13H,1-3,6-7,15H2/t12-,13?/m1/s1. The summed E-state index contributed by atoms with van der Waals surface area (Å²) in [6.07, 6.45) is 3.41. The van der Waals surface area contributed by atoms with Gasteiger partial charge in [0.15, 0.2) is 6.10 Å². The van der Waals surface area contributed by atoms with Crippen LogP contribution in [0, 0.1) is 0 Å². The number of fused-ring (bicyclic) bond motifs is 1. The van der Waals surface area contributed by atoms with Gasteiger partial charge in [-0.2, -0.15) is 0 Å². The van der Waals surface area contributed by atoms with Gasteiger partial charge in [-0.05, 0) is 42.5 Å². The Hall–Kier alpha value is -1.55. The Balaban J connectivity index is 1.81. The number of rotatable bonds is 2. The Labute approximate surface area is 106 Å². The van der Waals surface area contributed by atoms with Crippen LogP contribution in [0.5, 0.6) is 5.75 Å². The van der Waals surface area contributed by atoms with Crippen LogP contribution in [0.15, 0.2) is 18.2 Å². The number of carbonyl (C=O) groups excluding carboxylic acids is 1. The SMILES string of the molecule is N[C@@H]1CCCc2ccc(OC3CCOC3=O)cc21. The van der Waals surface area contributed by atoms with Crippen LogP contribution < -0.4 is 10.5 Å². The molecule has 0 amide bonds. The van der Waals surface area contributed by atoms with Crippen molar-refractivity contribution in [1.82, 2.24) is 0 Å². The van der Waals surface area contributed by atoms with Crippen LogP contribution in [-0.4, -0.2) is 18.7 Å². The average molecular weight is 247 g/mol. The molecule has 1 aliphatic carbocycles. The van der Waals surface area contributed by atoms with Gasteiger partial charge < -0.3 is 15.2 Å². The van der Waals surface area contributed by atoms with Crippen LogP contribution in [-0.2, 0) is 16.0 Å². The van der Waals surface area contributed by atoms with Crippen LogP contribution >= 0.6 is 0 Å². The molecule has 1 aromatic rings. The van der Waals surface area contributed by atoms with E-state index in [1.165, 1.54) is 5.56 Å². The first kappa shape index (κ1) is 11.5. The van der Waals surface area contributed by atoms with E-state index in [-0.39, 0.29) is 12.0 Å². The van der Waals surface area contributed by atoms with Crippen LogP contribution in [0.2, 0.25) is 0 Å². The van der Waals surface area contributed by atoms with E-state index >= 15 is 0 Å². The zero-order chi connectivity index (χ0) is 12.5. The lowest BCUT2D eigenvalue weighted by Gasteiger charge is -2.23. The lowest BCUT2D eigenvalue weighted by Crippen LogP contribution is -2.22. The highest BCUT2D eigenvalue weighted by Gasteiger charge is 2.28. The Morgan fingerprint density at radius 2 is 2.22 bits per heavy atom. The molecular formula is C14H17NO3. The van der Waals surface area contributed by atoms with Gasteiger partial charge in [-0.15, -0.1) is 0 Å². The van der Waals surface area contributed by atoms with E-state index in [9.17, 15) is 4.79 Å². The third-order valence-electron chi connectivity index (χ3n) is 3.64. The van der Waals surface area contributed by atoms with E-state index in [1.807, 2.05) is 12.1 Å². The van der Waals surface area contributed by atoms with E-state index in [1.54, 1.807) is 0 Å². The first-order valence-electron chi connectivity index (χ1n) is 6.46. The summed E-state index contributed by atoms with van der Waals surface area (Å²) in [4.78, 5) is 11.4. The smallest absolute Gasteiger partial charge is 0.347 e. The summed E-state index contributed by atoms with van der Waals surface area (Å²) in [6, 6.07) is 6.05. The maximum atomic E-state index is 11.4. The fourth-order valence-corrected chi connectivity index (χ4v) is 2.64. The van der Waals surface area contributed by atoms with E-state index < -0.39 is 6.10 Å². The molecule has 2 N–H and O–H groups in total. The van der Waals surface area contributed by atoms with Crippen molar-refractivity contribution in [3.05, 3.63) is 29.3 Å². The minimum absolute atomic E-state index is 0.0906. The van der Waals surface area contributed by atoms with Crippen molar-refractivity contribution >= 4 is 5.97 Å². The molecule has 1 aliphatic heterocycles. The van der Waals surface area contributed by atoms with Crippen molar-refractivity contribution in [1.29, 1.82) is 0 Å². The predicted molar refractivity (Wildman–Crippen MR) is 66.3 cm³/mol. The predicted octanol–water partition coefficient (Wildman–Crippen LogP) is 1.72. The van der Waals surface area contributed by atoms with Gasteiger partial charge in [-0.1, -0.05) is 6.07 Å². The summed E-state index contributed by atoms with van der Waals surface area (Å²) in [6.45, 7) is 0.452. The van der Waals surface area contributed by atoms with Gasteiger partial charge in [0.1, 0.15) is 5.75 Å². The van der Waals surface area contributed by atoms with Crippen molar-refractivity contribution in [3.63, 3.8) is 0 Å². The second-order valence-electron chi connectivity index (χ2n) is 4.92. The molecule has 3 rings (SSSR count). The van der Waals surface area contributed by atoms with Crippen molar-refractivity contribution in [2.45, 2.75) is 37.8 Å². The minimum Gasteiger partial charge on any atom is -0.479 e. The first-order chi connectivity index (χ1) is 8.74. The average Bonchev–Trinajstić information content (AvgIpc) is 2.76. The van der Waals surface area contributed by atoms with E-state index in [2.05, 4.69) is 6.07 Å². The van der Waals surface area contributed by atoms with Crippen LogP contribution in [0.25, 0.3) is 0 Å². The number of nitrogens with two attached hydrogens (primary N) is 1. The number of hydrogen-bond acceptors (Lipinski definition) is 4. The molecule has 0 radical (unpaired) electrons. The number of ether oxygens (including phenoxy) is 2. The van der Waals surface area contributed by atoms with Gasteiger partial charge in [0.05, 0.1) is 6.61 Å². The maximum absolute atomic E-state index is 11.4. The minimum atomic E-state index is -0.456. The van der Waals surface area contributed by atoms with Gasteiger partial charge in [0, 0.05) is 12.5 Å². The normalized spacial score (nSPS) is 26.6. The molecule has 0 aromatic heterocycles. The maximum Gasteiger partial charge on any atom is 0.347 e. The van der Waals surface area contributed by atoms with Crippen molar-refractivity contribution in [2.75, 3.05) is 6.61 Å². The van der Waals surface area contributed by atoms with Gasteiger partial charge in [-0.25, -0.2) is 4.79 Å². The molecule has 1 aromatic carbocycles. The Bertz CT molecular complexity index is 472. The lowest BCUT2D eigenvalue weighted by atomic mass is 9.88. The number of benzene rings is 1. The van der Waals surface area contributed by atoms with Gasteiger partial charge in [-0.3, -0.25) is 0 Å². The Morgan fingerprint density at radius 3 is 3.00 bits per heavy atom. The van der Waals surface area contributed by atoms with Crippen molar-refractivity contribution in [3.8, 4) is 5.75 Å². The highest BCUT2D eigenvalue weighted by Crippen LogP contribution is 2.31. The van der Waals surface area contributed by atoms with Gasteiger partial charge in [0.2, 0.25) is 0 Å². The highest BCUT2D eigenvalue weighted by molar-refractivity contribution is 5.76. The van der Waals surface area contributed by atoms with Gasteiger partial charge >= 0.3 is 5.97 Å². The molecule has 0 saturated carbocycles. The second kappa shape index (κ2) is 4.61. The zero-order valence-corrected chi connectivity index (χ0v) is 10.2. The molecule has 2 atom stereocenters. The Morgan fingerprint density at radius 1 is 1.33 bits per heavy atom. The molecule has 4 heteroatoms. The van der Waals surface area contributed by atoms with E-state index in [4.69, 9.17) is 15.2 Å². The third kappa shape index (κ3) is 2.08.